The van der Waals surface area contributed by atoms with Gasteiger partial charge in [-0.05, 0) is 11.8 Å². The van der Waals surface area contributed by atoms with Gasteiger partial charge < -0.3 is 10.2 Å². The van der Waals surface area contributed by atoms with Gasteiger partial charge in [0.15, 0.2) is 0 Å². The molecule has 1 aliphatic rings. The molecule has 4 heteroatoms. The quantitative estimate of drug-likeness (QED) is 0.429. The molecular weight excluding hydrogens is 130 g/mol. The summed E-state index contributed by atoms with van der Waals surface area (Å²) in [7, 11) is 0. The molecule has 0 spiro atoms. The summed E-state index contributed by atoms with van der Waals surface area (Å²) in [5, 5.41) is 17.6. The third kappa shape index (κ3) is 1.11. The summed E-state index contributed by atoms with van der Waals surface area (Å²) in [5.74, 6) is 0. The lowest BCUT2D eigenvalue weighted by Gasteiger charge is -2.01. The molecule has 0 saturated carbocycles. The van der Waals surface area contributed by atoms with Crippen molar-refractivity contribution in [2.24, 2.45) is 0 Å². The van der Waals surface area contributed by atoms with Crippen LogP contribution in [0.1, 0.15) is 0 Å². The lowest BCUT2D eigenvalue weighted by Crippen LogP contribution is -2.22. The van der Waals surface area contributed by atoms with Gasteiger partial charge in [-0.15, -0.1) is 0 Å². The fourth-order valence-electron chi connectivity index (χ4n) is 0.724. The number of hydrogen-bond acceptors (Lipinski definition) is 3. The van der Waals surface area contributed by atoms with Crippen LogP contribution in [0.5, 0.6) is 0 Å². The molecule has 1 fully saturated rings. The topological polar surface area (TPSA) is 43.7 Å². The highest BCUT2D eigenvalue weighted by Crippen LogP contribution is 2.10. The summed E-state index contributed by atoms with van der Waals surface area (Å²) in [6, 6.07) is 0. The molecule has 2 atom stereocenters. The Hall–Kier alpha value is 0.170. The fraction of sp³-hybridized carbons (Fsp3) is 1.00. The molecule has 0 aliphatic carbocycles. The minimum Gasteiger partial charge on any atom is -0.389 e. The highest BCUT2D eigenvalue weighted by Gasteiger charge is 2.27. The first-order valence-corrected chi connectivity index (χ1v) is 2.81. The Morgan fingerprint density at radius 3 is 1.75 bits per heavy atom. The average Bonchev–Trinajstić information content (AvgIpc) is 1.85. The second-order valence-electron chi connectivity index (χ2n) is 1.96. The van der Waals surface area contributed by atoms with Gasteiger partial charge in [0, 0.05) is 13.1 Å². The first kappa shape index (κ1) is 6.29. The minimum atomic E-state index is -0.660. The van der Waals surface area contributed by atoms with E-state index < -0.39 is 12.2 Å². The van der Waals surface area contributed by atoms with E-state index in [0.717, 1.165) is 0 Å². The average molecular weight is 138 g/mol. The highest BCUT2D eigenvalue weighted by molar-refractivity contribution is 6.13. The molecule has 0 bridgehead atoms. The molecule has 2 N–H and O–H groups in total. The molecule has 8 heavy (non-hydrogen) atoms. The van der Waals surface area contributed by atoms with Crippen molar-refractivity contribution in [2.45, 2.75) is 12.2 Å². The van der Waals surface area contributed by atoms with Gasteiger partial charge >= 0.3 is 0 Å². The van der Waals surface area contributed by atoms with Crippen molar-refractivity contribution in [3.8, 4) is 0 Å². The van der Waals surface area contributed by atoms with Crippen LogP contribution in [-0.2, 0) is 0 Å². The smallest absolute Gasteiger partial charge is 0.0951 e. The van der Waals surface area contributed by atoms with Crippen LogP contribution in [0, 0.1) is 0 Å². The van der Waals surface area contributed by atoms with Crippen LogP contribution in [-0.4, -0.2) is 39.9 Å². The molecule has 0 aromatic carbocycles. The molecule has 1 aliphatic heterocycles. The lowest BCUT2D eigenvalue weighted by atomic mass is 10.3. The van der Waals surface area contributed by atoms with Crippen molar-refractivity contribution in [3.63, 3.8) is 0 Å². The number of rotatable bonds is 0. The van der Waals surface area contributed by atoms with Crippen molar-refractivity contribution in [3.05, 3.63) is 0 Å². The predicted molar refractivity (Wildman–Crippen MR) is 29.4 cm³/mol. The Kier molecular flexibility index (Phi) is 1.72. The molecule has 0 amide bonds. The van der Waals surface area contributed by atoms with Crippen LogP contribution < -0.4 is 0 Å². The van der Waals surface area contributed by atoms with Gasteiger partial charge in [0.1, 0.15) is 0 Å². The number of nitrogens with zero attached hydrogens (tertiary/aromatic N) is 1. The standard InChI is InChI=1S/C4H8ClNO2/c5-6-1-3(7)4(8)2-6/h3-4,7-8H,1-2H2/t3-,4-/m0/s1. The molecule has 1 heterocycles. The predicted octanol–water partition coefficient (Wildman–Crippen LogP) is -0.822. The molecule has 0 aromatic heterocycles. The van der Waals surface area contributed by atoms with Gasteiger partial charge in [0.2, 0.25) is 0 Å². The number of aliphatic hydroxyl groups excluding tert-OH is 2. The van der Waals surface area contributed by atoms with Gasteiger partial charge in [-0.1, -0.05) is 0 Å². The monoisotopic (exact) mass is 137 g/mol. The van der Waals surface area contributed by atoms with Gasteiger partial charge in [-0.3, -0.25) is 0 Å². The van der Waals surface area contributed by atoms with Crippen LogP contribution in [0.2, 0.25) is 0 Å². The molecule has 48 valence electrons. The second-order valence-corrected chi connectivity index (χ2v) is 2.44. The SMILES string of the molecule is O[C@H]1CN(Cl)C[C@@H]1O. The second kappa shape index (κ2) is 2.19. The Balaban J connectivity index is 2.39. The zero-order chi connectivity index (χ0) is 6.15. The highest BCUT2D eigenvalue weighted by atomic mass is 35.5. The van der Waals surface area contributed by atoms with Gasteiger partial charge in [-0.2, -0.15) is 0 Å². The van der Waals surface area contributed by atoms with E-state index in [4.69, 9.17) is 22.0 Å². The fourth-order valence-corrected chi connectivity index (χ4v) is 1.01. The minimum absolute atomic E-state index is 0.364. The maximum absolute atomic E-state index is 8.79. The molecule has 1 saturated heterocycles. The summed E-state index contributed by atoms with van der Waals surface area (Å²) in [6.45, 7) is 0.728. The molecule has 0 unspecified atom stereocenters. The maximum atomic E-state index is 8.79. The summed E-state index contributed by atoms with van der Waals surface area (Å²) in [5.41, 5.74) is 0. The number of β-amino-alcohol motifs (C(OH)–C–C–N with tert-alkyl or cyclic N) is 2. The number of aliphatic hydroxyl groups is 2. The summed E-state index contributed by atoms with van der Waals surface area (Å²) in [4.78, 5) is 0. The van der Waals surface area contributed by atoms with Gasteiger partial charge in [0.25, 0.3) is 0 Å². The first-order valence-electron chi connectivity index (χ1n) is 2.47. The van der Waals surface area contributed by atoms with Crippen molar-refractivity contribution in [1.29, 1.82) is 0 Å². The Morgan fingerprint density at radius 2 is 1.62 bits per heavy atom. The summed E-state index contributed by atoms with van der Waals surface area (Å²) in [6.07, 6.45) is -1.32. The molecule has 1 rings (SSSR count). The van der Waals surface area contributed by atoms with E-state index in [2.05, 4.69) is 0 Å². The zero-order valence-electron chi connectivity index (χ0n) is 4.29. The third-order valence-corrected chi connectivity index (χ3v) is 1.49. The number of halogens is 1. The van der Waals surface area contributed by atoms with Crippen molar-refractivity contribution < 1.29 is 10.2 Å². The van der Waals surface area contributed by atoms with Crippen LogP contribution in [0.25, 0.3) is 0 Å². The number of hydrogen-bond donors (Lipinski definition) is 2. The Bertz CT molecular complexity index is 80.1. The van der Waals surface area contributed by atoms with Crippen molar-refractivity contribution >= 4 is 11.8 Å². The van der Waals surface area contributed by atoms with Crippen molar-refractivity contribution in [1.82, 2.24) is 4.42 Å². The maximum Gasteiger partial charge on any atom is 0.0951 e. The third-order valence-electron chi connectivity index (χ3n) is 1.21. The van der Waals surface area contributed by atoms with Crippen LogP contribution in [0.15, 0.2) is 0 Å². The summed E-state index contributed by atoms with van der Waals surface area (Å²) < 4.78 is 1.37. The van der Waals surface area contributed by atoms with Crippen molar-refractivity contribution in [2.75, 3.05) is 13.1 Å². The largest absolute Gasteiger partial charge is 0.389 e. The van der Waals surface area contributed by atoms with E-state index in [1.165, 1.54) is 4.42 Å². The zero-order valence-corrected chi connectivity index (χ0v) is 5.04. The summed E-state index contributed by atoms with van der Waals surface area (Å²) >= 11 is 5.42. The Morgan fingerprint density at radius 1 is 1.25 bits per heavy atom. The first-order chi connectivity index (χ1) is 3.70. The molecular formula is C4H8ClNO2. The van der Waals surface area contributed by atoms with E-state index in [1.54, 1.807) is 0 Å². The van der Waals surface area contributed by atoms with Crippen LogP contribution >= 0.6 is 11.8 Å². The van der Waals surface area contributed by atoms with Gasteiger partial charge in [0.05, 0.1) is 12.2 Å². The van der Waals surface area contributed by atoms with Gasteiger partial charge in [-0.25, -0.2) is 4.42 Å². The van der Waals surface area contributed by atoms with E-state index in [9.17, 15) is 0 Å². The van der Waals surface area contributed by atoms with E-state index in [0.29, 0.717) is 13.1 Å². The molecule has 3 nitrogen and oxygen atoms in total. The van der Waals surface area contributed by atoms with Crippen LogP contribution in [0.4, 0.5) is 0 Å². The van der Waals surface area contributed by atoms with Crippen LogP contribution in [0.3, 0.4) is 0 Å². The van der Waals surface area contributed by atoms with E-state index >= 15 is 0 Å². The normalized spacial score (nSPS) is 40.9. The van der Waals surface area contributed by atoms with E-state index in [-0.39, 0.29) is 0 Å². The molecule has 0 radical (unpaired) electrons. The van der Waals surface area contributed by atoms with E-state index in [1.807, 2.05) is 0 Å². The Labute approximate surface area is 52.6 Å². The lowest BCUT2D eigenvalue weighted by molar-refractivity contribution is 0.0572. The molecule has 0 aromatic rings.